The summed E-state index contributed by atoms with van der Waals surface area (Å²) < 4.78 is 13.3. The molecule has 1 amide bonds. The number of ether oxygens (including phenoxy) is 2. The van der Waals surface area contributed by atoms with Crippen LogP contribution in [-0.4, -0.2) is 42.9 Å². The van der Waals surface area contributed by atoms with Gasteiger partial charge in [-0.05, 0) is 37.6 Å². The second kappa shape index (κ2) is 11.7. The first-order valence-electron chi connectivity index (χ1n) is 13.1. The zero-order valence-corrected chi connectivity index (χ0v) is 24.4. The van der Waals surface area contributed by atoms with Crippen molar-refractivity contribution in [3.05, 3.63) is 68.1 Å². The Balaban J connectivity index is 1.74. The van der Waals surface area contributed by atoms with Gasteiger partial charge >= 0.3 is 5.97 Å². The number of nitrogens with zero attached hydrogens (tertiary/aromatic N) is 4. The van der Waals surface area contributed by atoms with Crippen molar-refractivity contribution in [1.82, 2.24) is 4.57 Å². The highest BCUT2D eigenvalue weighted by molar-refractivity contribution is 8.08. The van der Waals surface area contributed by atoms with Crippen LogP contribution in [-0.2, 0) is 20.9 Å². The molecule has 0 saturated heterocycles. The summed E-state index contributed by atoms with van der Waals surface area (Å²) in [6.07, 6.45) is 1.45. The number of hydrazone groups is 1. The van der Waals surface area contributed by atoms with E-state index in [0.29, 0.717) is 21.4 Å². The summed E-state index contributed by atoms with van der Waals surface area (Å²) in [5.41, 5.74) is 1.89. The van der Waals surface area contributed by atoms with E-state index in [2.05, 4.69) is 12.0 Å². The standard InChI is InChI=1S/C29H30N4O5S2/c1-5-7-15-32-27(36)25(29-31(3)21-16-19(37-4)13-14-22(21)39-29)40-28(32)24-20(17-23(34)38-6-2)30-33(26(24)35)18-11-9-8-10-12-18/h8-14,16H,5-7,15,17H2,1-4H3/b28-24?,29-25-. The van der Waals surface area contributed by atoms with Crippen molar-refractivity contribution in [1.29, 1.82) is 0 Å². The summed E-state index contributed by atoms with van der Waals surface area (Å²) in [6.45, 7) is 4.44. The van der Waals surface area contributed by atoms with E-state index in [9.17, 15) is 14.4 Å². The maximum absolute atomic E-state index is 14.0. The maximum atomic E-state index is 14.0. The molecule has 2 aliphatic rings. The number of rotatable bonds is 8. The number of methoxy groups -OCH3 is 1. The van der Waals surface area contributed by atoms with Crippen molar-refractivity contribution < 1.29 is 19.1 Å². The fourth-order valence-corrected chi connectivity index (χ4v) is 7.10. The highest BCUT2D eigenvalue weighted by Gasteiger charge is 2.35. The molecule has 3 heterocycles. The number of thioether (sulfide) groups is 1. The lowest BCUT2D eigenvalue weighted by Crippen LogP contribution is -2.36. The molecule has 0 radical (unpaired) electrons. The van der Waals surface area contributed by atoms with Gasteiger partial charge in [-0.2, -0.15) is 10.1 Å². The fourth-order valence-electron chi connectivity index (χ4n) is 4.58. The molecule has 1 aromatic heterocycles. The summed E-state index contributed by atoms with van der Waals surface area (Å²) in [5, 5.41) is 6.64. The van der Waals surface area contributed by atoms with Crippen molar-refractivity contribution >= 4 is 62.7 Å². The number of hydrogen-bond acceptors (Lipinski definition) is 9. The Morgan fingerprint density at radius 3 is 2.55 bits per heavy atom. The highest BCUT2D eigenvalue weighted by atomic mass is 32.2. The van der Waals surface area contributed by atoms with Crippen LogP contribution in [0.5, 0.6) is 5.75 Å². The van der Waals surface area contributed by atoms with Gasteiger partial charge in [-0.25, -0.2) is 0 Å². The van der Waals surface area contributed by atoms with E-state index in [1.54, 1.807) is 30.7 Å². The van der Waals surface area contributed by atoms with Gasteiger partial charge in [0, 0.05) is 24.6 Å². The van der Waals surface area contributed by atoms with E-state index in [1.807, 2.05) is 48.3 Å². The van der Waals surface area contributed by atoms with Crippen molar-refractivity contribution in [3.8, 4) is 5.75 Å². The Bertz CT molecular complexity index is 1680. The summed E-state index contributed by atoms with van der Waals surface area (Å²) in [5.74, 6) is -0.132. The molecular weight excluding hydrogens is 548 g/mol. The van der Waals surface area contributed by atoms with Crippen LogP contribution in [0, 0.1) is 0 Å². The van der Waals surface area contributed by atoms with E-state index in [4.69, 9.17) is 9.47 Å². The third-order valence-corrected chi connectivity index (χ3v) is 9.15. The Morgan fingerprint density at radius 1 is 1.07 bits per heavy atom. The van der Waals surface area contributed by atoms with Crippen LogP contribution in [0.3, 0.4) is 0 Å². The molecule has 11 heteroatoms. The van der Waals surface area contributed by atoms with Gasteiger partial charge in [-0.3, -0.25) is 19.0 Å². The molecule has 2 aliphatic heterocycles. The molecule has 0 fully saturated rings. The summed E-state index contributed by atoms with van der Waals surface area (Å²) in [7, 11) is 3.54. The molecule has 2 aromatic carbocycles. The van der Waals surface area contributed by atoms with Crippen molar-refractivity contribution in [2.75, 3.05) is 30.7 Å². The molecular formula is C29H30N4O5S2. The summed E-state index contributed by atoms with van der Waals surface area (Å²) >= 11 is 2.77. The minimum absolute atomic E-state index is 0.170. The van der Waals surface area contributed by atoms with Crippen LogP contribution < -0.4 is 29.4 Å². The minimum Gasteiger partial charge on any atom is -0.497 e. The Hall–Kier alpha value is -3.83. The molecule has 5 rings (SSSR count). The number of benzene rings is 2. The van der Waals surface area contributed by atoms with Gasteiger partial charge in [0.25, 0.3) is 11.5 Å². The number of esters is 1. The predicted molar refractivity (Wildman–Crippen MR) is 159 cm³/mol. The van der Waals surface area contributed by atoms with Crippen LogP contribution in [0.4, 0.5) is 11.4 Å². The van der Waals surface area contributed by atoms with Crippen molar-refractivity contribution in [2.45, 2.75) is 44.6 Å². The first-order chi connectivity index (χ1) is 19.4. The number of carbonyl (C=O) groups is 2. The monoisotopic (exact) mass is 578 g/mol. The number of hydrogen-bond donors (Lipinski definition) is 0. The molecule has 0 saturated carbocycles. The highest BCUT2D eigenvalue weighted by Crippen LogP contribution is 2.46. The topological polar surface area (TPSA) is 93.4 Å². The summed E-state index contributed by atoms with van der Waals surface area (Å²) in [6, 6.07) is 14.9. The van der Waals surface area contributed by atoms with Gasteiger partial charge < -0.3 is 14.4 Å². The van der Waals surface area contributed by atoms with Gasteiger partial charge in [0.05, 0.1) is 42.8 Å². The normalized spacial score (nSPS) is 17.3. The number of aromatic nitrogens is 1. The van der Waals surface area contributed by atoms with Crippen LogP contribution in [0.25, 0.3) is 10.6 Å². The van der Waals surface area contributed by atoms with Gasteiger partial charge in [-0.1, -0.05) is 43.3 Å². The molecule has 0 unspecified atom stereocenters. The van der Waals surface area contributed by atoms with E-state index in [-0.39, 0.29) is 35.8 Å². The lowest BCUT2D eigenvalue weighted by atomic mass is 10.1. The molecule has 0 aliphatic carbocycles. The lowest BCUT2D eigenvalue weighted by Gasteiger charge is -2.13. The molecule has 0 atom stereocenters. The molecule has 40 heavy (non-hydrogen) atoms. The van der Waals surface area contributed by atoms with Crippen LogP contribution in [0.15, 0.2) is 63.3 Å². The fraction of sp³-hybridized carbons (Fsp3) is 0.310. The van der Waals surface area contributed by atoms with E-state index >= 15 is 0 Å². The number of amides is 1. The molecule has 0 N–H and O–H groups in total. The molecule has 9 nitrogen and oxygen atoms in total. The van der Waals surface area contributed by atoms with Crippen LogP contribution >= 0.6 is 23.1 Å². The molecule has 0 bridgehead atoms. The third-order valence-electron chi connectivity index (χ3n) is 6.60. The first kappa shape index (κ1) is 27.7. The number of para-hydroxylation sites is 1. The SMILES string of the molecule is CCCCn1c(=C2C(=O)N(c3ccccc3)N=C2CC(=O)OCC)s/c(=C2\Sc3ccc(OC)cc3N2C)c1=O. The molecule has 3 aromatic rings. The van der Waals surface area contributed by atoms with E-state index in [0.717, 1.165) is 34.2 Å². The number of anilines is 2. The Labute approximate surface area is 240 Å². The average Bonchev–Trinajstić information content (AvgIpc) is 3.57. The van der Waals surface area contributed by atoms with Crippen LogP contribution in [0.2, 0.25) is 0 Å². The Kier molecular flexibility index (Phi) is 8.13. The van der Waals surface area contributed by atoms with Gasteiger partial charge in [-0.15, -0.1) is 11.3 Å². The second-order valence-electron chi connectivity index (χ2n) is 9.20. The smallest absolute Gasteiger partial charge is 0.311 e. The Morgan fingerprint density at radius 2 is 1.85 bits per heavy atom. The number of fused-ring (bicyclic) bond motifs is 1. The van der Waals surface area contributed by atoms with Crippen molar-refractivity contribution in [2.24, 2.45) is 5.10 Å². The largest absolute Gasteiger partial charge is 0.497 e. The van der Waals surface area contributed by atoms with Gasteiger partial charge in [0.2, 0.25) is 0 Å². The number of carbonyl (C=O) groups excluding carboxylic acids is 2. The molecule has 208 valence electrons. The van der Waals surface area contributed by atoms with Gasteiger partial charge in [0.15, 0.2) is 0 Å². The molecule has 0 spiro atoms. The zero-order valence-electron chi connectivity index (χ0n) is 22.8. The maximum Gasteiger partial charge on any atom is 0.311 e. The van der Waals surface area contributed by atoms with E-state index < -0.39 is 5.97 Å². The second-order valence-corrected chi connectivity index (χ2v) is 11.2. The van der Waals surface area contributed by atoms with Gasteiger partial charge in [0.1, 0.15) is 20.0 Å². The summed E-state index contributed by atoms with van der Waals surface area (Å²) in [4.78, 5) is 43.4. The minimum atomic E-state index is -0.481. The van der Waals surface area contributed by atoms with Crippen molar-refractivity contribution in [3.63, 3.8) is 0 Å². The average molecular weight is 579 g/mol. The zero-order chi connectivity index (χ0) is 28.4. The van der Waals surface area contributed by atoms with E-state index in [1.165, 1.54) is 28.1 Å². The quantitative estimate of drug-likeness (QED) is 0.378. The lowest BCUT2D eigenvalue weighted by molar-refractivity contribution is -0.141. The number of thiazole rings is 1. The predicted octanol–water partition coefficient (Wildman–Crippen LogP) is 3.53. The van der Waals surface area contributed by atoms with Crippen LogP contribution in [0.1, 0.15) is 33.1 Å². The third kappa shape index (κ3) is 5.06. The number of unbranched alkanes of at least 4 members (excludes halogenated alkanes) is 1. The first-order valence-corrected chi connectivity index (χ1v) is 14.7.